The number of carbonyl (C=O) groups is 4. The molecule has 0 bridgehead atoms. The normalized spacial score (nSPS) is 21.8. The van der Waals surface area contributed by atoms with E-state index >= 15 is 0 Å². The lowest BCUT2D eigenvalue weighted by Gasteiger charge is -2.35. The third kappa shape index (κ3) is 9.22. The van der Waals surface area contributed by atoms with Gasteiger partial charge in [0, 0.05) is 36.0 Å². The van der Waals surface area contributed by atoms with E-state index in [4.69, 9.17) is 14.3 Å². The predicted octanol–water partition coefficient (Wildman–Crippen LogP) is 4.83. The molecule has 2 unspecified atom stereocenters. The Morgan fingerprint density at radius 1 is 1.08 bits per heavy atom. The summed E-state index contributed by atoms with van der Waals surface area (Å²) in [5.74, 6) is -1.16. The first kappa shape index (κ1) is 37.3. The van der Waals surface area contributed by atoms with E-state index in [2.05, 4.69) is 37.0 Å². The van der Waals surface area contributed by atoms with E-state index < -0.39 is 53.2 Å². The Balaban J connectivity index is 1.39. The number of benzene rings is 2. The van der Waals surface area contributed by atoms with Gasteiger partial charge in [-0.2, -0.15) is 0 Å². The molecule has 12 nitrogen and oxygen atoms in total. The fourth-order valence-corrected chi connectivity index (χ4v) is 6.90. The van der Waals surface area contributed by atoms with Gasteiger partial charge in [-0.1, -0.05) is 97.7 Å². The van der Waals surface area contributed by atoms with Gasteiger partial charge >= 0.3 is 6.09 Å². The molecule has 2 fully saturated rings. The van der Waals surface area contributed by atoms with E-state index in [1.54, 1.807) is 0 Å². The van der Waals surface area contributed by atoms with Crippen molar-refractivity contribution < 1.29 is 33.5 Å². The molecule has 4 amide bonds. The summed E-state index contributed by atoms with van der Waals surface area (Å²) in [6.07, 6.45) is 1.88. The van der Waals surface area contributed by atoms with Crippen LogP contribution in [0.25, 0.3) is 0 Å². The maximum absolute atomic E-state index is 14.6. The number of hydrogen-bond acceptors (Lipinski definition) is 8. The lowest BCUT2D eigenvalue weighted by atomic mass is 9.85. The summed E-state index contributed by atoms with van der Waals surface area (Å²) in [6.45, 7) is 7.59. The number of ether oxygens (including phenoxy) is 2. The van der Waals surface area contributed by atoms with Crippen molar-refractivity contribution in [1.29, 1.82) is 0 Å². The average molecular weight is 755 g/mol. The van der Waals surface area contributed by atoms with Crippen LogP contribution in [-0.2, 0) is 35.3 Å². The number of likely N-dealkylation sites (tertiary alicyclic amines) is 1. The zero-order valence-electron chi connectivity index (χ0n) is 29.4. The van der Waals surface area contributed by atoms with Gasteiger partial charge in [0.2, 0.25) is 11.8 Å². The number of nitrogens with zero attached hydrogens (tertiary/aromatic N) is 2. The van der Waals surface area contributed by atoms with Gasteiger partial charge in [0.25, 0.3) is 5.91 Å². The maximum atomic E-state index is 14.6. The Labute approximate surface area is 302 Å². The molecule has 0 radical (unpaired) electrons. The smallest absolute Gasteiger partial charge is 0.408 e. The van der Waals surface area contributed by atoms with Crippen molar-refractivity contribution in [1.82, 2.24) is 20.9 Å². The van der Waals surface area contributed by atoms with Crippen LogP contribution in [0.15, 0.2) is 64.2 Å². The molecule has 13 heteroatoms. The molecule has 5 rings (SSSR count). The molecule has 270 valence electrons. The molecule has 3 N–H and O–H groups in total. The van der Waals surface area contributed by atoms with E-state index in [9.17, 15) is 19.2 Å². The zero-order valence-corrected chi connectivity index (χ0v) is 31.0. The molecule has 2 heterocycles. The molecule has 2 aromatic carbocycles. The van der Waals surface area contributed by atoms with Crippen LogP contribution in [0.1, 0.15) is 77.3 Å². The first-order chi connectivity index (χ1) is 23.8. The molecule has 0 aromatic heterocycles. The molecule has 3 aliphatic rings. The van der Waals surface area contributed by atoms with Crippen LogP contribution in [0.3, 0.4) is 0 Å². The SMILES string of the molecule is CCCC(NC(=O)[C@@H]1C[C@]2(CC(c3cccc(Br)c3)=NO2)CN1C(=O)[C@@H](NC(=O)OCc1ccccc1)C(C)(C)C)C(OC)C(=O)NC1CC1. The summed E-state index contributed by atoms with van der Waals surface area (Å²) in [7, 11) is 1.45. The Bertz CT molecular complexity index is 1580. The van der Waals surface area contributed by atoms with Crippen LogP contribution in [0.2, 0.25) is 0 Å². The summed E-state index contributed by atoms with van der Waals surface area (Å²) in [6, 6.07) is 14.4. The first-order valence-electron chi connectivity index (χ1n) is 17.2. The van der Waals surface area contributed by atoms with Gasteiger partial charge in [-0.3, -0.25) is 14.4 Å². The second kappa shape index (κ2) is 15.9. The van der Waals surface area contributed by atoms with Crippen molar-refractivity contribution in [3.63, 3.8) is 0 Å². The van der Waals surface area contributed by atoms with Gasteiger partial charge in [0.1, 0.15) is 18.7 Å². The van der Waals surface area contributed by atoms with E-state index in [0.717, 1.165) is 28.4 Å². The second-order valence-corrected chi connectivity index (χ2v) is 15.4. The third-order valence-electron chi connectivity index (χ3n) is 9.30. The van der Waals surface area contributed by atoms with Gasteiger partial charge in [0.15, 0.2) is 11.7 Å². The maximum Gasteiger partial charge on any atom is 0.408 e. The minimum atomic E-state index is -1.04. The lowest BCUT2D eigenvalue weighted by molar-refractivity contribution is -0.143. The number of rotatable bonds is 13. The monoisotopic (exact) mass is 753 g/mol. The van der Waals surface area contributed by atoms with Gasteiger partial charge in [0.05, 0.1) is 18.3 Å². The van der Waals surface area contributed by atoms with Crippen molar-refractivity contribution in [2.45, 2.75) is 109 Å². The Morgan fingerprint density at radius 2 is 1.82 bits per heavy atom. The van der Waals surface area contributed by atoms with E-state index in [0.29, 0.717) is 25.0 Å². The molecular formula is C37H48BrN5O7. The Kier molecular flexibility index (Phi) is 11.9. The number of methoxy groups -OCH3 is 1. The largest absolute Gasteiger partial charge is 0.445 e. The van der Waals surface area contributed by atoms with Gasteiger partial charge in [-0.25, -0.2) is 4.79 Å². The van der Waals surface area contributed by atoms with Crippen LogP contribution in [0.5, 0.6) is 0 Å². The van der Waals surface area contributed by atoms with Crippen molar-refractivity contribution in [2.75, 3.05) is 13.7 Å². The van der Waals surface area contributed by atoms with Crippen molar-refractivity contribution >= 4 is 45.5 Å². The van der Waals surface area contributed by atoms with Gasteiger partial charge < -0.3 is 35.2 Å². The molecule has 2 aromatic rings. The Hall–Kier alpha value is -3.97. The topological polar surface area (TPSA) is 148 Å². The molecule has 2 aliphatic heterocycles. The zero-order chi connectivity index (χ0) is 36.1. The van der Waals surface area contributed by atoms with Crippen LogP contribution in [0, 0.1) is 5.41 Å². The summed E-state index contributed by atoms with van der Waals surface area (Å²) in [4.78, 5) is 62.7. The fourth-order valence-electron chi connectivity index (χ4n) is 6.50. The van der Waals surface area contributed by atoms with Crippen molar-refractivity contribution in [3.8, 4) is 0 Å². The van der Waals surface area contributed by atoms with Gasteiger partial charge in [-0.05, 0) is 42.4 Å². The highest BCUT2D eigenvalue weighted by molar-refractivity contribution is 9.10. The van der Waals surface area contributed by atoms with Crippen LogP contribution in [-0.4, -0.2) is 84.0 Å². The minimum Gasteiger partial charge on any atom is -0.445 e. The molecule has 1 aliphatic carbocycles. The summed E-state index contributed by atoms with van der Waals surface area (Å²) < 4.78 is 12.0. The van der Waals surface area contributed by atoms with Crippen LogP contribution < -0.4 is 16.0 Å². The second-order valence-electron chi connectivity index (χ2n) is 14.5. The highest BCUT2D eigenvalue weighted by Crippen LogP contribution is 2.40. The third-order valence-corrected chi connectivity index (χ3v) is 9.79. The summed E-state index contributed by atoms with van der Waals surface area (Å²) in [5, 5.41) is 13.2. The number of hydrogen-bond donors (Lipinski definition) is 3. The number of alkyl carbamates (subject to hydrolysis) is 1. The van der Waals surface area contributed by atoms with Gasteiger partial charge in [-0.15, -0.1) is 0 Å². The number of oxime groups is 1. The molecular weight excluding hydrogens is 706 g/mol. The standard InChI is InChI=1S/C37H48BrN5O7/c1-6-11-27(30(48-5)33(45)39-26-16-17-26)40-32(44)29-20-37(19-28(42-50-37)24-14-10-15-25(38)18-24)22-43(29)34(46)31(36(2,3)4)41-35(47)49-21-23-12-8-7-9-13-23/h7-10,12-15,18,26-27,29-31H,6,11,16-17,19-22H2,1-5H3,(H,39,45)(H,40,44)(H,41,47)/t27?,29-,30?,31+,37+/m0/s1. The first-order valence-corrected chi connectivity index (χ1v) is 18.0. The number of halogens is 1. The fraction of sp³-hybridized carbons (Fsp3) is 0.541. The highest BCUT2D eigenvalue weighted by atomic mass is 79.9. The molecule has 1 saturated heterocycles. The van der Waals surface area contributed by atoms with E-state index in [1.165, 1.54) is 12.0 Å². The summed E-state index contributed by atoms with van der Waals surface area (Å²) in [5.41, 5.74) is 0.650. The minimum absolute atomic E-state index is 0.0347. The summed E-state index contributed by atoms with van der Waals surface area (Å²) >= 11 is 3.51. The van der Waals surface area contributed by atoms with Crippen molar-refractivity contribution in [2.24, 2.45) is 10.6 Å². The van der Waals surface area contributed by atoms with E-state index in [1.807, 2.05) is 82.3 Å². The van der Waals surface area contributed by atoms with Crippen molar-refractivity contribution in [3.05, 3.63) is 70.2 Å². The quantitative estimate of drug-likeness (QED) is 0.266. The molecule has 50 heavy (non-hydrogen) atoms. The lowest BCUT2D eigenvalue weighted by Crippen LogP contribution is -2.59. The van der Waals surface area contributed by atoms with Crippen LogP contribution in [0.4, 0.5) is 4.79 Å². The molecule has 1 spiro atoms. The number of amides is 4. The Morgan fingerprint density at radius 3 is 2.46 bits per heavy atom. The number of nitrogens with one attached hydrogen (secondary N) is 3. The van der Waals surface area contributed by atoms with Crippen LogP contribution >= 0.6 is 15.9 Å². The van der Waals surface area contributed by atoms with E-state index in [-0.39, 0.29) is 31.5 Å². The highest BCUT2D eigenvalue weighted by Gasteiger charge is 2.55. The molecule has 5 atom stereocenters. The average Bonchev–Trinajstić information content (AvgIpc) is 3.67. The number of carbonyl (C=O) groups excluding carboxylic acids is 4. The molecule has 1 saturated carbocycles. The predicted molar refractivity (Wildman–Crippen MR) is 191 cm³/mol.